The summed E-state index contributed by atoms with van der Waals surface area (Å²) in [6, 6.07) is 9.58. The Hall–Kier alpha value is -1.51. The number of urea groups is 1. The van der Waals surface area contributed by atoms with Crippen molar-refractivity contribution in [3.63, 3.8) is 0 Å². The minimum absolute atomic E-state index is 0.130. The number of carbonyl (C=O) groups excluding carboxylic acids is 1. The van der Waals surface area contributed by atoms with Gasteiger partial charge in [-0.05, 0) is 25.0 Å². The summed E-state index contributed by atoms with van der Waals surface area (Å²) in [4.78, 5) is 11.5. The summed E-state index contributed by atoms with van der Waals surface area (Å²) in [6.45, 7) is 4.13. The average molecular weight is 206 g/mol. The molecule has 1 aromatic rings. The first kappa shape index (κ1) is 11.6. The molecular formula is C12H18N2O. The maximum atomic E-state index is 11.5. The van der Waals surface area contributed by atoms with Gasteiger partial charge >= 0.3 is 6.03 Å². The van der Waals surface area contributed by atoms with E-state index in [1.807, 2.05) is 30.3 Å². The summed E-state index contributed by atoms with van der Waals surface area (Å²) in [5.41, 5.74) is 0.820. The number of hydrogen-bond acceptors (Lipinski definition) is 1. The maximum absolute atomic E-state index is 11.5. The zero-order valence-electron chi connectivity index (χ0n) is 9.29. The third-order valence-electron chi connectivity index (χ3n) is 2.35. The van der Waals surface area contributed by atoms with Crippen molar-refractivity contribution < 1.29 is 4.79 Å². The number of rotatable bonds is 4. The third-order valence-corrected chi connectivity index (χ3v) is 2.35. The highest BCUT2D eigenvalue weighted by Gasteiger charge is 2.07. The third kappa shape index (κ3) is 4.02. The SMILES string of the molecule is CCC(CC)NC(=O)Nc1ccccc1. The van der Waals surface area contributed by atoms with E-state index in [2.05, 4.69) is 24.5 Å². The number of amides is 2. The summed E-state index contributed by atoms with van der Waals surface area (Å²) >= 11 is 0. The van der Waals surface area contributed by atoms with Crippen LogP contribution in [-0.4, -0.2) is 12.1 Å². The van der Waals surface area contributed by atoms with Gasteiger partial charge in [-0.15, -0.1) is 0 Å². The zero-order valence-corrected chi connectivity index (χ0v) is 9.29. The van der Waals surface area contributed by atoms with E-state index >= 15 is 0 Å². The molecule has 0 aliphatic rings. The van der Waals surface area contributed by atoms with Crippen molar-refractivity contribution in [2.75, 3.05) is 5.32 Å². The molecule has 1 aromatic carbocycles. The molecule has 0 fully saturated rings. The Labute approximate surface area is 90.9 Å². The average Bonchev–Trinajstić information content (AvgIpc) is 2.27. The highest BCUT2D eigenvalue weighted by atomic mass is 16.2. The highest BCUT2D eigenvalue weighted by Crippen LogP contribution is 2.05. The second kappa shape index (κ2) is 6.06. The molecule has 0 unspecified atom stereocenters. The first-order chi connectivity index (χ1) is 7.26. The van der Waals surface area contributed by atoms with E-state index in [1.54, 1.807) is 0 Å². The molecule has 0 heterocycles. The summed E-state index contributed by atoms with van der Waals surface area (Å²) in [5.74, 6) is 0. The van der Waals surface area contributed by atoms with Gasteiger partial charge in [0.1, 0.15) is 0 Å². The van der Waals surface area contributed by atoms with Gasteiger partial charge in [0, 0.05) is 11.7 Å². The van der Waals surface area contributed by atoms with E-state index in [1.165, 1.54) is 0 Å². The van der Waals surface area contributed by atoms with Gasteiger partial charge in [-0.25, -0.2) is 4.79 Å². The molecule has 0 radical (unpaired) electrons. The number of nitrogens with one attached hydrogen (secondary N) is 2. The number of benzene rings is 1. The second-order valence-electron chi connectivity index (χ2n) is 3.48. The van der Waals surface area contributed by atoms with Crippen molar-refractivity contribution in [1.82, 2.24) is 5.32 Å². The summed E-state index contributed by atoms with van der Waals surface area (Å²) < 4.78 is 0. The Morgan fingerprint density at radius 3 is 2.33 bits per heavy atom. The summed E-state index contributed by atoms with van der Waals surface area (Å²) in [5, 5.41) is 5.71. The van der Waals surface area contributed by atoms with Crippen molar-refractivity contribution in [2.45, 2.75) is 32.7 Å². The molecule has 0 atom stereocenters. The zero-order chi connectivity index (χ0) is 11.1. The van der Waals surface area contributed by atoms with Gasteiger partial charge in [0.05, 0.1) is 0 Å². The fourth-order valence-corrected chi connectivity index (χ4v) is 1.37. The van der Waals surface area contributed by atoms with Crippen molar-refractivity contribution in [2.24, 2.45) is 0 Å². The van der Waals surface area contributed by atoms with Crippen LogP contribution < -0.4 is 10.6 Å². The summed E-state index contributed by atoms with van der Waals surface area (Å²) in [7, 11) is 0. The van der Waals surface area contributed by atoms with Crippen LogP contribution in [0.3, 0.4) is 0 Å². The molecule has 0 saturated heterocycles. The van der Waals surface area contributed by atoms with Crippen molar-refractivity contribution in [3.8, 4) is 0 Å². The Bertz CT molecular complexity index is 294. The quantitative estimate of drug-likeness (QED) is 0.781. The Morgan fingerprint density at radius 2 is 1.80 bits per heavy atom. The topological polar surface area (TPSA) is 41.1 Å². The molecule has 0 saturated carbocycles. The number of para-hydroxylation sites is 1. The predicted molar refractivity (Wildman–Crippen MR) is 63.0 cm³/mol. The van der Waals surface area contributed by atoms with Crippen molar-refractivity contribution in [3.05, 3.63) is 30.3 Å². The molecule has 82 valence electrons. The lowest BCUT2D eigenvalue weighted by atomic mass is 10.2. The van der Waals surface area contributed by atoms with E-state index in [-0.39, 0.29) is 12.1 Å². The second-order valence-corrected chi connectivity index (χ2v) is 3.48. The molecule has 2 amide bonds. The van der Waals surface area contributed by atoms with Crippen LogP contribution in [0.4, 0.5) is 10.5 Å². The van der Waals surface area contributed by atoms with Gasteiger partial charge < -0.3 is 10.6 Å². The van der Waals surface area contributed by atoms with E-state index in [0.29, 0.717) is 0 Å². The van der Waals surface area contributed by atoms with Crippen LogP contribution in [0.25, 0.3) is 0 Å². The molecule has 1 rings (SSSR count). The Balaban J connectivity index is 2.43. The lowest BCUT2D eigenvalue weighted by Gasteiger charge is -2.15. The largest absolute Gasteiger partial charge is 0.335 e. The van der Waals surface area contributed by atoms with E-state index in [9.17, 15) is 4.79 Å². The monoisotopic (exact) mass is 206 g/mol. The molecule has 0 bridgehead atoms. The van der Waals surface area contributed by atoms with Crippen LogP contribution in [0.1, 0.15) is 26.7 Å². The fourth-order valence-electron chi connectivity index (χ4n) is 1.37. The number of anilines is 1. The van der Waals surface area contributed by atoms with Crippen LogP contribution in [0.2, 0.25) is 0 Å². The molecule has 3 nitrogen and oxygen atoms in total. The first-order valence-corrected chi connectivity index (χ1v) is 5.38. The van der Waals surface area contributed by atoms with Gasteiger partial charge in [0.25, 0.3) is 0 Å². The van der Waals surface area contributed by atoms with E-state index in [0.717, 1.165) is 18.5 Å². The molecule has 0 spiro atoms. The number of hydrogen-bond donors (Lipinski definition) is 2. The van der Waals surface area contributed by atoms with Crippen LogP contribution in [-0.2, 0) is 0 Å². The molecular weight excluding hydrogens is 188 g/mol. The maximum Gasteiger partial charge on any atom is 0.319 e. The lowest BCUT2D eigenvalue weighted by Crippen LogP contribution is -2.37. The van der Waals surface area contributed by atoms with Gasteiger partial charge in [0.2, 0.25) is 0 Å². The van der Waals surface area contributed by atoms with Crippen LogP contribution in [0.5, 0.6) is 0 Å². The van der Waals surface area contributed by atoms with Gasteiger partial charge in [-0.3, -0.25) is 0 Å². The van der Waals surface area contributed by atoms with Gasteiger partial charge in [-0.1, -0.05) is 32.0 Å². The van der Waals surface area contributed by atoms with Crippen molar-refractivity contribution >= 4 is 11.7 Å². The van der Waals surface area contributed by atoms with Crippen LogP contribution >= 0.6 is 0 Å². The van der Waals surface area contributed by atoms with E-state index < -0.39 is 0 Å². The molecule has 15 heavy (non-hydrogen) atoms. The fraction of sp³-hybridized carbons (Fsp3) is 0.417. The minimum atomic E-state index is -0.130. The minimum Gasteiger partial charge on any atom is -0.335 e. The lowest BCUT2D eigenvalue weighted by molar-refractivity contribution is 0.247. The standard InChI is InChI=1S/C12H18N2O/c1-3-10(4-2)13-12(15)14-11-8-6-5-7-9-11/h5-10H,3-4H2,1-2H3,(H2,13,14,15). The molecule has 0 aromatic heterocycles. The van der Waals surface area contributed by atoms with Gasteiger partial charge in [-0.2, -0.15) is 0 Å². The Kier molecular flexibility index (Phi) is 4.68. The van der Waals surface area contributed by atoms with Crippen molar-refractivity contribution in [1.29, 1.82) is 0 Å². The van der Waals surface area contributed by atoms with Crippen LogP contribution in [0, 0.1) is 0 Å². The molecule has 3 heteroatoms. The smallest absolute Gasteiger partial charge is 0.319 e. The molecule has 0 aliphatic carbocycles. The Morgan fingerprint density at radius 1 is 1.20 bits per heavy atom. The van der Waals surface area contributed by atoms with Crippen LogP contribution in [0.15, 0.2) is 30.3 Å². The number of carbonyl (C=O) groups is 1. The van der Waals surface area contributed by atoms with Gasteiger partial charge in [0.15, 0.2) is 0 Å². The molecule has 0 aliphatic heterocycles. The summed E-state index contributed by atoms with van der Waals surface area (Å²) in [6.07, 6.45) is 1.91. The normalized spacial score (nSPS) is 10.1. The first-order valence-electron chi connectivity index (χ1n) is 5.38. The highest BCUT2D eigenvalue weighted by molar-refractivity contribution is 5.89. The predicted octanol–water partition coefficient (Wildman–Crippen LogP) is 3.00. The van der Waals surface area contributed by atoms with E-state index in [4.69, 9.17) is 0 Å². The molecule has 2 N–H and O–H groups in total.